The van der Waals surface area contributed by atoms with E-state index >= 15 is 0 Å². The van der Waals surface area contributed by atoms with Crippen molar-refractivity contribution in [2.24, 2.45) is 10.7 Å². The van der Waals surface area contributed by atoms with Crippen LogP contribution in [0.2, 0.25) is 0 Å². The SMILES string of the molecule is CN=C(N)C(=O)CC(F)(F)F. The molecule has 0 saturated carbocycles. The Morgan fingerprint density at radius 3 is 2.27 bits per heavy atom. The van der Waals surface area contributed by atoms with Crippen LogP contribution in [0.3, 0.4) is 0 Å². The van der Waals surface area contributed by atoms with Gasteiger partial charge in [-0.2, -0.15) is 13.2 Å². The summed E-state index contributed by atoms with van der Waals surface area (Å²) in [6.45, 7) is 0. The fourth-order valence-electron chi connectivity index (χ4n) is 0.397. The number of hydrogen-bond acceptors (Lipinski definition) is 2. The number of hydrogen-bond donors (Lipinski definition) is 1. The normalized spacial score (nSPS) is 13.3. The fraction of sp³-hybridized carbons (Fsp3) is 0.600. The zero-order chi connectivity index (χ0) is 9.07. The van der Waals surface area contributed by atoms with Crippen LogP contribution in [0.1, 0.15) is 6.42 Å². The molecule has 0 aromatic heterocycles. The van der Waals surface area contributed by atoms with E-state index < -0.39 is 24.2 Å². The number of carbonyl (C=O) groups is 1. The summed E-state index contributed by atoms with van der Waals surface area (Å²) in [7, 11) is 1.16. The summed E-state index contributed by atoms with van der Waals surface area (Å²) in [5.74, 6) is -1.79. The Balaban J connectivity index is 4.10. The molecule has 0 heterocycles. The van der Waals surface area contributed by atoms with Crippen molar-refractivity contribution in [3.63, 3.8) is 0 Å². The average Bonchev–Trinajstić information content (AvgIpc) is 1.82. The number of Topliss-reactive ketones (excluding diaryl/α,β-unsaturated/α-hetero) is 1. The Bertz CT molecular complexity index is 185. The van der Waals surface area contributed by atoms with Crippen LogP contribution >= 0.6 is 0 Å². The third-order valence-corrected chi connectivity index (χ3v) is 0.888. The van der Waals surface area contributed by atoms with Gasteiger partial charge in [0.25, 0.3) is 0 Å². The molecule has 11 heavy (non-hydrogen) atoms. The topological polar surface area (TPSA) is 55.4 Å². The summed E-state index contributed by atoms with van der Waals surface area (Å²) in [5.41, 5.74) is 4.82. The summed E-state index contributed by atoms with van der Waals surface area (Å²) in [5, 5.41) is 0. The molecule has 0 aromatic carbocycles. The molecule has 0 spiro atoms. The third kappa shape index (κ3) is 4.35. The van der Waals surface area contributed by atoms with Crippen LogP contribution in [0, 0.1) is 0 Å². The molecule has 0 aliphatic carbocycles. The molecule has 0 atom stereocenters. The van der Waals surface area contributed by atoms with Crippen molar-refractivity contribution >= 4 is 11.6 Å². The number of amidine groups is 1. The van der Waals surface area contributed by atoms with Crippen molar-refractivity contribution in [2.45, 2.75) is 12.6 Å². The first-order valence-corrected chi connectivity index (χ1v) is 2.69. The number of aliphatic imine (C=N–C) groups is 1. The summed E-state index contributed by atoms with van der Waals surface area (Å²) < 4.78 is 34.4. The van der Waals surface area contributed by atoms with E-state index in [-0.39, 0.29) is 0 Å². The maximum absolute atomic E-state index is 11.5. The first kappa shape index (κ1) is 9.93. The highest BCUT2D eigenvalue weighted by Crippen LogP contribution is 2.19. The van der Waals surface area contributed by atoms with Crippen molar-refractivity contribution < 1.29 is 18.0 Å². The van der Waals surface area contributed by atoms with Gasteiger partial charge >= 0.3 is 6.18 Å². The zero-order valence-corrected chi connectivity index (χ0v) is 5.77. The molecule has 0 radical (unpaired) electrons. The van der Waals surface area contributed by atoms with Crippen molar-refractivity contribution in [1.82, 2.24) is 0 Å². The Morgan fingerprint density at radius 2 is 2.00 bits per heavy atom. The fourth-order valence-corrected chi connectivity index (χ4v) is 0.397. The zero-order valence-electron chi connectivity index (χ0n) is 5.77. The van der Waals surface area contributed by atoms with Gasteiger partial charge in [0.15, 0.2) is 5.84 Å². The highest BCUT2D eigenvalue weighted by atomic mass is 19.4. The van der Waals surface area contributed by atoms with Crippen molar-refractivity contribution in [3.05, 3.63) is 0 Å². The molecule has 0 aliphatic rings. The summed E-state index contributed by atoms with van der Waals surface area (Å²) in [4.78, 5) is 13.5. The minimum Gasteiger partial charge on any atom is -0.381 e. The molecule has 0 unspecified atom stereocenters. The number of carbonyl (C=O) groups excluding carboxylic acids is 1. The molecule has 0 amide bonds. The first-order valence-electron chi connectivity index (χ1n) is 2.69. The van der Waals surface area contributed by atoms with Gasteiger partial charge in [-0.3, -0.25) is 9.79 Å². The average molecular weight is 168 g/mol. The highest BCUT2D eigenvalue weighted by Gasteiger charge is 2.32. The number of rotatable bonds is 2. The number of halogens is 3. The Labute approximate surface area is 61.1 Å². The molecule has 0 saturated heterocycles. The van der Waals surface area contributed by atoms with E-state index in [9.17, 15) is 18.0 Å². The van der Waals surface area contributed by atoms with E-state index in [1.165, 1.54) is 0 Å². The highest BCUT2D eigenvalue weighted by molar-refractivity contribution is 6.38. The van der Waals surface area contributed by atoms with Crippen LogP contribution in [0.5, 0.6) is 0 Å². The van der Waals surface area contributed by atoms with Gasteiger partial charge in [-0.05, 0) is 0 Å². The molecule has 0 aliphatic heterocycles. The second-order valence-electron chi connectivity index (χ2n) is 1.82. The summed E-state index contributed by atoms with van der Waals surface area (Å²) >= 11 is 0. The molecular formula is C5H7F3N2O. The van der Waals surface area contributed by atoms with Crippen LogP contribution in [-0.4, -0.2) is 24.8 Å². The maximum atomic E-state index is 11.5. The quantitative estimate of drug-likeness (QED) is 0.482. The molecule has 3 nitrogen and oxygen atoms in total. The van der Waals surface area contributed by atoms with Gasteiger partial charge in [-0.1, -0.05) is 0 Å². The summed E-state index contributed by atoms with van der Waals surface area (Å²) in [6.07, 6.45) is -6.05. The third-order valence-electron chi connectivity index (χ3n) is 0.888. The second-order valence-corrected chi connectivity index (χ2v) is 1.82. The van der Waals surface area contributed by atoms with Gasteiger partial charge in [-0.25, -0.2) is 0 Å². The monoisotopic (exact) mass is 168 g/mol. The predicted molar refractivity (Wildman–Crippen MR) is 33.2 cm³/mol. The largest absolute Gasteiger partial charge is 0.396 e. The number of alkyl halides is 3. The van der Waals surface area contributed by atoms with Crippen LogP contribution in [0.15, 0.2) is 4.99 Å². The molecule has 64 valence electrons. The van der Waals surface area contributed by atoms with Gasteiger partial charge < -0.3 is 5.73 Å². The Hall–Kier alpha value is -1.07. The van der Waals surface area contributed by atoms with E-state index in [4.69, 9.17) is 5.73 Å². The Kier molecular flexibility index (Phi) is 3.03. The van der Waals surface area contributed by atoms with E-state index in [1.807, 2.05) is 0 Å². The molecule has 0 fully saturated rings. The van der Waals surface area contributed by atoms with Gasteiger partial charge in [0.05, 0.1) is 0 Å². The lowest BCUT2D eigenvalue weighted by Crippen LogP contribution is -2.28. The standard InChI is InChI=1S/C5H7F3N2O/c1-10-4(9)3(11)2-5(6,7)8/h2H2,1H3,(H2,9,10). The maximum Gasteiger partial charge on any atom is 0.396 e. The van der Waals surface area contributed by atoms with Crippen LogP contribution in [-0.2, 0) is 4.79 Å². The molecule has 2 N–H and O–H groups in total. The smallest absolute Gasteiger partial charge is 0.381 e. The molecule has 6 heteroatoms. The number of nitrogens with two attached hydrogens (primary N) is 1. The van der Waals surface area contributed by atoms with Crippen LogP contribution < -0.4 is 5.73 Å². The lowest BCUT2D eigenvalue weighted by molar-refractivity contribution is -0.147. The van der Waals surface area contributed by atoms with Crippen LogP contribution in [0.4, 0.5) is 13.2 Å². The molecular weight excluding hydrogens is 161 g/mol. The number of nitrogens with zero attached hydrogens (tertiary/aromatic N) is 1. The van der Waals surface area contributed by atoms with Gasteiger partial charge in [0, 0.05) is 7.05 Å². The van der Waals surface area contributed by atoms with E-state index in [0.717, 1.165) is 7.05 Å². The van der Waals surface area contributed by atoms with E-state index in [2.05, 4.69) is 4.99 Å². The lowest BCUT2D eigenvalue weighted by atomic mass is 10.2. The second kappa shape index (κ2) is 3.36. The van der Waals surface area contributed by atoms with Crippen molar-refractivity contribution in [3.8, 4) is 0 Å². The van der Waals surface area contributed by atoms with Crippen molar-refractivity contribution in [1.29, 1.82) is 0 Å². The van der Waals surface area contributed by atoms with E-state index in [1.54, 1.807) is 0 Å². The van der Waals surface area contributed by atoms with Gasteiger partial charge in [-0.15, -0.1) is 0 Å². The lowest BCUT2D eigenvalue weighted by Gasteiger charge is -2.03. The minimum absolute atomic E-state index is 0.595. The van der Waals surface area contributed by atoms with E-state index in [0.29, 0.717) is 0 Å². The van der Waals surface area contributed by atoms with Crippen LogP contribution in [0.25, 0.3) is 0 Å². The summed E-state index contributed by atoms with van der Waals surface area (Å²) in [6, 6.07) is 0. The Morgan fingerprint density at radius 1 is 1.55 bits per heavy atom. The molecule has 0 rings (SSSR count). The van der Waals surface area contributed by atoms with Gasteiger partial charge in [0.2, 0.25) is 5.78 Å². The van der Waals surface area contributed by atoms with Gasteiger partial charge in [0.1, 0.15) is 6.42 Å². The van der Waals surface area contributed by atoms with Crippen molar-refractivity contribution in [2.75, 3.05) is 7.05 Å². The first-order chi connectivity index (χ1) is 4.87. The number of ketones is 1. The molecule has 0 aromatic rings. The minimum atomic E-state index is -4.51. The predicted octanol–water partition coefficient (Wildman–Crippen LogP) is 0.495. The molecule has 0 bridgehead atoms.